The van der Waals surface area contributed by atoms with Crippen molar-refractivity contribution in [3.05, 3.63) is 16.1 Å². The van der Waals surface area contributed by atoms with Gasteiger partial charge in [0, 0.05) is 44.0 Å². The molecule has 0 amide bonds. The number of guanidine groups is 1. The van der Waals surface area contributed by atoms with Crippen LogP contribution in [0.15, 0.2) is 10.4 Å². The van der Waals surface area contributed by atoms with Gasteiger partial charge in [0.05, 0.1) is 10.7 Å². The number of hydrogen-bond donors (Lipinski definition) is 2. The molecule has 1 aromatic heterocycles. The van der Waals surface area contributed by atoms with E-state index in [-0.39, 0.29) is 0 Å². The van der Waals surface area contributed by atoms with Gasteiger partial charge in [0.25, 0.3) is 0 Å². The van der Waals surface area contributed by atoms with Crippen LogP contribution in [0.25, 0.3) is 0 Å². The first-order chi connectivity index (χ1) is 11.7. The molecule has 0 bridgehead atoms. The molecule has 2 N–H and O–H groups in total. The van der Waals surface area contributed by atoms with Crippen LogP contribution in [-0.2, 0) is 12.8 Å². The predicted octanol–water partition coefficient (Wildman–Crippen LogP) is 2.68. The summed E-state index contributed by atoms with van der Waals surface area (Å²) in [5.41, 5.74) is 1.17. The summed E-state index contributed by atoms with van der Waals surface area (Å²) in [5.74, 6) is 0.956. The third-order valence-corrected chi connectivity index (χ3v) is 5.39. The number of aryl methyl sites for hydroxylation is 1. The second-order valence-corrected chi connectivity index (χ2v) is 7.30. The molecule has 136 valence electrons. The molecule has 1 saturated heterocycles. The van der Waals surface area contributed by atoms with E-state index in [9.17, 15) is 0 Å². The normalized spacial score (nSPS) is 17.2. The van der Waals surface area contributed by atoms with E-state index in [2.05, 4.69) is 46.7 Å². The molecular weight excluding hydrogens is 318 g/mol. The lowest BCUT2D eigenvalue weighted by molar-refractivity contribution is 0.206. The van der Waals surface area contributed by atoms with Crippen LogP contribution in [0.5, 0.6) is 0 Å². The maximum atomic E-state index is 4.74. The van der Waals surface area contributed by atoms with Crippen LogP contribution in [0.2, 0.25) is 0 Å². The van der Waals surface area contributed by atoms with Crippen LogP contribution >= 0.6 is 11.3 Å². The molecule has 5 nitrogen and oxygen atoms in total. The zero-order valence-electron chi connectivity index (χ0n) is 15.5. The van der Waals surface area contributed by atoms with E-state index >= 15 is 0 Å². The number of thiazole rings is 1. The molecule has 2 rings (SSSR count). The van der Waals surface area contributed by atoms with Gasteiger partial charge < -0.3 is 15.5 Å². The minimum absolute atomic E-state index is 0.543. The lowest BCUT2D eigenvalue weighted by atomic mass is 10.1. The van der Waals surface area contributed by atoms with E-state index in [1.807, 2.05) is 0 Å². The van der Waals surface area contributed by atoms with Crippen LogP contribution in [-0.4, -0.2) is 54.6 Å². The van der Waals surface area contributed by atoms with Gasteiger partial charge in [-0.2, -0.15) is 0 Å². The second-order valence-electron chi connectivity index (χ2n) is 6.36. The highest BCUT2D eigenvalue weighted by molar-refractivity contribution is 7.09. The standard InChI is InChI=1S/C18H33N5S/c1-4-11-23-12-8-15(9-13-23)22-18(19-6-3)20-10-7-16-14-24-17(5-2)21-16/h14-15H,4-13H2,1-3H3,(H2,19,20,22). The summed E-state index contributed by atoms with van der Waals surface area (Å²) in [6.45, 7) is 11.8. The predicted molar refractivity (Wildman–Crippen MR) is 104 cm³/mol. The van der Waals surface area contributed by atoms with E-state index in [1.54, 1.807) is 11.3 Å². The van der Waals surface area contributed by atoms with Crippen LogP contribution in [0.3, 0.4) is 0 Å². The molecular formula is C18H33N5S. The molecule has 0 atom stereocenters. The van der Waals surface area contributed by atoms with Crippen LogP contribution in [0, 0.1) is 0 Å². The third-order valence-electron chi connectivity index (χ3n) is 4.35. The third kappa shape index (κ3) is 6.40. The zero-order chi connectivity index (χ0) is 17.2. The SMILES string of the molecule is CCCN1CCC(NC(=NCCc2csc(CC)n2)NCC)CC1. The fourth-order valence-corrected chi connectivity index (χ4v) is 3.82. The largest absolute Gasteiger partial charge is 0.357 e. The fraction of sp³-hybridized carbons (Fsp3) is 0.778. The van der Waals surface area contributed by atoms with Gasteiger partial charge in [0.2, 0.25) is 0 Å². The van der Waals surface area contributed by atoms with Crippen molar-refractivity contribution in [3.63, 3.8) is 0 Å². The summed E-state index contributed by atoms with van der Waals surface area (Å²) in [5, 5.41) is 10.4. The molecule has 0 spiro atoms. The van der Waals surface area contributed by atoms with Crippen molar-refractivity contribution in [2.45, 2.75) is 58.9 Å². The molecule has 1 aliphatic rings. The number of rotatable bonds is 8. The van der Waals surface area contributed by atoms with Crippen molar-refractivity contribution in [2.24, 2.45) is 4.99 Å². The molecule has 0 unspecified atom stereocenters. The van der Waals surface area contributed by atoms with Gasteiger partial charge in [0.15, 0.2) is 5.96 Å². The van der Waals surface area contributed by atoms with E-state index in [0.29, 0.717) is 6.04 Å². The maximum Gasteiger partial charge on any atom is 0.191 e. The Labute approximate surface area is 151 Å². The first-order valence-corrected chi connectivity index (χ1v) is 10.3. The Morgan fingerprint density at radius 2 is 2.12 bits per heavy atom. The molecule has 1 aliphatic heterocycles. The summed E-state index contributed by atoms with van der Waals surface area (Å²) in [6, 6.07) is 0.543. The summed E-state index contributed by atoms with van der Waals surface area (Å²) < 4.78 is 0. The lowest BCUT2D eigenvalue weighted by Gasteiger charge is -2.32. The quantitative estimate of drug-likeness (QED) is 0.558. The number of piperidine rings is 1. The zero-order valence-corrected chi connectivity index (χ0v) is 16.3. The number of hydrogen-bond acceptors (Lipinski definition) is 4. The minimum atomic E-state index is 0.543. The molecule has 1 aromatic rings. The number of aromatic nitrogens is 1. The fourth-order valence-electron chi connectivity index (χ4n) is 3.04. The van der Waals surface area contributed by atoms with Crippen LogP contribution in [0.4, 0.5) is 0 Å². The molecule has 2 heterocycles. The molecule has 0 saturated carbocycles. The van der Waals surface area contributed by atoms with Gasteiger partial charge in [-0.05, 0) is 39.2 Å². The van der Waals surface area contributed by atoms with Crippen molar-refractivity contribution < 1.29 is 0 Å². The first-order valence-electron chi connectivity index (χ1n) is 9.45. The van der Waals surface area contributed by atoms with Crippen molar-refractivity contribution in [3.8, 4) is 0 Å². The van der Waals surface area contributed by atoms with Crippen molar-refractivity contribution >= 4 is 17.3 Å². The number of aliphatic imine (C=N–C) groups is 1. The first kappa shape index (κ1) is 19.2. The van der Waals surface area contributed by atoms with Crippen molar-refractivity contribution in [2.75, 3.05) is 32.7 Å². The summed E-state index contributed by atoms with van der Waals surface area (Å²) in [7, 11) is 0. The highest BCUT2D eigenvalue weighted by Gasteiger charge is 2.19. The average Bonchev–Trinajstić information content (AvgIpc) is 3.05. The van der Waals surface area contributed by atoms with Crippen LogP contribution < -0.4 is 10.6 Å². The smallest absolute Gasteiger partial charge is 0.191 e. The highest BCUT2D eigenvalue weighted by atomic mass is 32.1. The summed E-state index contributed by atoms with van der Waals surface area (Å²) >= 11 is 1.76. The molecule has 6 heteroatoms. The van der Waals surface area contributed by atoms with E-state index in [0.717, 1.165) is 31.9 Å². The highest BCUT2D eigenvalue weighted by Crippen LogP contribution is 2.11. The van der Waals surface area contributed by atoms with Crippen molar-refractivity contribution in [1.29, 1.82) is 0 Å². The number of nitrogens with one attached hydrogen (secondary N) is 2. The Bertz CT molecular complexity index is 491. The lowest BCUT2D eigenvalue weighted by Crippen LogP contribution is -2.48. The molecule has 24 heavy (non-hydrogen) atoms. The Morgan fingerprint density at radius 1 is 1.33 bits per heavy atom. The van der Waals surface area contributed by atoms with Gasteiger partial charge >= 0.3 is 0 Å². The van der Waals surface area contributed by atoms with Crippen molar-refractivity contribution in [1.82, 2.24) is 20.5 Å². The summed E-state index contributed by atoms with van der Waals surface area (Å²) in [6.07, 6.45) is 5.60. The summed E-state index contributed by atoms with van der Waals surface area (Å²) in [4.78, 5) is 11.9. The Balaban J connectivity index is 1.78. The van der Waals surface area contributed by atoms with E-state index in [1.165, 1.54) is 49.6 Å². The Hall–Kier alpha value is -1.14. The minimum Gasteiger partial charge on any atom is -0.357 e. The molecule has 0 aromatic carbocycles. The molecule has 0 aliphatic carbocycles. The topological polar surface area (TPSA) is 52.5 Å². The Morgan fingerprint density at radius 3 is 2.75 bits per heavy atom. The van der Waals surface area contributed by atoms with Gasteiger partial charge in [0.1, 0.15) is 0 Å². The second kappa shape index (κ2) is 10.7. The average molecular weight is 352 g/mol. The van der Waals surface area contributed by atoms with Gasteiger partial charge in [-0.1, -0.05) is 13.8 Å². The van der Waals surface area contributed by atoms with Gasteiger partial charge in [-0.15, -0.1) is 11.3 Å². The number of likely N-dealkylation sites (tertiary alicyclic amines) is 1. The van der Waals surface area contributed by atoms with E-state index in [4.69, 9.17) is 4.99 Å². The Kier molecular flexibility index (Phi) is 8.53. The van der Waals surface area contributed by atoms with E-state index < -0.39 is 0 Å². The number of nitrogens with zero attached hydrogens (tertiary/aromatic N) is 3. The maximum absolute atomic E-state index is 4.74. The van der Waals surface area contributed by atoms with Gasteiger partial charge in [-0.25, -0.2) is 4.98 Å². The van der Waals surface area contributed by atoms with Gasteiger partial charge in [-0.3, -0.25) is 4.99 Å². The molecule has 0 radical (unpaired) electrons. The van der Waals surface area contributed by atoms with Crippen LogP contribution in [0.1, 0.15) is 50.7 Å². The monoisotopic (exact) mass is 351 g/mol. The molecule has 1 fully saturated rings.